The van der Waals surface area contributed by atoms with Crippen LogP contribution in [-0.4, -0.2) is 47.8 Å². The predicted molar refractivity (Wildman–Crippen MR) is 90.1 cm³/mol. The topological polar surface area (TPSA) is 66.6 Å². The van der Waals surface area contributed by atoms with Crippen molar-refractivity contribution in [2.75, 3.05) is 31.9 Å². The molecule has 0 aliphatic rings. The van der Waals surface area contributed by atoms with Crippen LogP contribution in [0, 0.1) is 6.92 Å². The van der Waals surface area contributed by atoms with E-state index in [0.717, 1.165) is 5.56 Å². The Bertz CT molecular complexity index is 547. The summed E-state index contributed by atoms with van der Waals surface area (Å²) in [4.78, 5) is 28.9. The second kappa shape index (κ2) is 7.82. The molecule has 2 amide bonds. The first-order chi connectivity index (χ1) is 10.4. The van der Waals surface area contributed by atoms with E-state index in [1.807, 2.05) is 34.6 Å². The first-order valence-electron chi connectivity index (χ1n) is 7.90. The molecule has 0 heterocycles. The highest BCUT2D eigenvalue weighted by Gasteiger charge is 2.26. The SMILES string of the molecule is CCN(CC)C(=O)c1ccc(C)c(N)c1C(=O)N(CC)CC. The molecule has 0 unspecified atom stereocenters. The van der Waals surface area contributed by atoms with Gasteiger partial charge in [0.15, 0.2) is 0 Å². The van der Waals surface area contributed by atoms with Crippen molar-refractivity contribution < 1.29 is 9.59 Å². The van der Waals surface area contributed by atoms with Gasteiger partial charge in [-0.2, -0.15) is 0 Å². The summed E-state index contributed by atoms with van der Waals surface area (Å²) in [5.74, 6) is -0.325. The molecular formula is C17H27N3O2. The number of carbonyl (C=O) groups excluding carboxylic acids is 2. The second-order valence-corrected chi connectivity index (χ2v) is 5.17. The van der Waals surface area contributed by atoms with Crippen molar-refractivity contribution >= 4 is 17.5 Å². The molecule has 0 spiro atoms. The number of aryl methyl sites for hydroxylation is 1. The van der Waals surface area contributed by atoms with E-state index in [9.17, 15) is 9.59 Å². The van der Waals surface area contributed by atoms with Gasteiger partial charge in [0.05, 0.1) is 11.1 Å². The summed E-state index contributed by atoms with van der Waals surface area (Å²) in [5, 5.41) is 0. The lowest BCUT2D eigenvalue weighted by molar-refractivity contribution is 0.0734. The third kappa shape index (κ3) is 3.40. The maximum atomic E-state index is 12.8. The molecule has 2 N–H and O–H groups in total. The first-order valence-corrected chi connectivity index (χ1v) is 7.90. The fourth-order valence-electron chi connectivity index (χ4n) is 2.48. The lowest BCUT2D eigenvalue weighted by atomic mass is 9.99. The standard InChI is InChI=1S/C17H27N3O2/c1-6-19(7-2)16(21)13-11-10-12(5)15(18)14(13)17(22)20(8-3)9-4/h10-11H,6-9,18H2,1-5H3. The fourth-order valence-corrected chi connectivity index (χ4v) is 2.48. The average molecular weight is 305 g/mol. The summed E-state index contributed by atoms with van der Waals surface area (Å²) < 4.78 is 0. The highest BCUT2D eigenvalue weighted by Crippen LogP contribution is 2.24. The van der Waals surface area contributed by atoms with Crippen LogP contribution in [0.15, 0.2) is 12.1 Å². The number of nitrogen functional groups attached to an aromatic ring is 1. The number of hydrogen-bond donors (Lipinski definition) is 1. The maximum Gasteiger partial charge on any atom is 0.256 e. The van der Waals surface area contributed by atoms with Gasteiger partial charge in [-0.05, 0) is 46.2 Å². The summed E-state index contributed by atoms with van der Waals surface area (Å²) in [6.45, 7) is 11.9. The Morgan fingerprint density at radius 3 is 1.82 bits per heavy atom. The van der Waals surface area contributed by atoms with Crippen LogP contribution in [0.5, 0.6) is 0 Å². The molecule has 1 rings (SSSR count). The van der Waals surface area contributed by atoms with E-state index in [0.29, 0.717) is 43.0 Å². The monoisotopic (exact) mass is 305 g/mol. The number of rotatable bonds is 6. The fraction of sp³-hybridized carbons (Fsp3) is 0.529. The summed E-state index contributed by atoms with van der Waals surface area (Å²) in [7, 11) is 0. The molecule has 0 saturated carbocycles. The normalized spacial score (nSPS) is 10.4. The van der Waals surface area contributed by atoms with E-state index in [1.165, 1.54) is 0 Å². The number of amides is 2. The van der Waals surface area contributed by atoms with Crippen molar-refractivity contribution in [3.8, 4) is 0 Å². The van der Waals surface area contributed by atoms with Gasteiger partial charge in [0, 0.05) is 31.9 Å². The van der Waals surface area contributed by atoms with Crippen LogP contribution in [0.4, 0.5) is 5.69 Å². The smallest absolute Gasteiger partial charge is 0.256 e. The van der Waals surface area contributed by atoms with Crippen LogP contribution < -0.4 is 5.73 Å². The van der Waals surface area contributed by atoms with Crippen molar-refractivity contribution in [3.63, 3.8) is 0 Å². The van der Waals surface area contributed by atoms with Crippen LogP contribution in [0.2, 0.25) is 0 Å². The van der Waals surface area contributed by atoms with Gasteiger partial charge < -0.3 is 15.5 Å². The van der Waals surface area contributed by atoms with Crippen LogP contribution in [-0.2, 0) is 0 Å². The number of nitrogens with two attached hydrogens (primary N) is 1. The molecule has 0 radical (unpaired) electrons. The lowest BCUT2D eigenvalue weighted by Gasteiger charge is -2.24. The van der Waals surface area contributed by atoms with Gasteiger partial charge in [-0.1, -0.05) is 6.07 Å². The number of nitrogens with zero attached hydrogens (tertiary/aromatic N) is 2. The molecule has 5 nitrogen and oxygen atoms in total. The predicted octanol–water partition coefficient (Wildman–Crippen LogP) is 2.54. The summed E-state index contributed by atoms with van der Waals surface area (Å²) in [5.41, 5.74) is 8.07. The molecule has 0 bridgehead atoms. The van der Waals surface area contributed by atoms with Gasteiger partial charge >= 0.3 is 0 Å². The zero-order chi connectivity index (χ0) is 16.9. The number of carbonyl (C=O) groups is 2. The maximum absolute atomic E-state index is 12.8. The van der Waals surface area contributed by atoms with Gasteiger partial charge in [0.1, 0.15) is 0 Å². The van der Waals surface area contributed by atoms with Gasteiger partial charge in [0.25, 0.3) is 11.8 Å². The van der Waals surface area contributed by atoms with E-state index in [4.69, 9.17) is 5.73 Å². The average Bonchev–Trinajstić information content (AvgIpc) is 2.51. The summed E-state index contributed by atoms with van der Waals surface area (Å²) in [6, 6.07) is 3.51. The zero-order valence-corrected chi connectivity index (χ0v) is 14.3. The Morgan fingerprint density at radius 1 is 0.909 bits per heavy atom. The van der Waals surface area contributed by atoms with Gasteiger partial charge in [0.2, 0.25) is 0 Å². The molecule has 122 valence electrons. The molecule has 0 aromatic heterocycles. The Morgan fingerprint density at radius 2 is 1.36 bits per heavy atom. The van der Waals surface area contributed by atoms with Gasteiger partial charge in [-0.15, -0.1) is 0 Å². The highest BCUT2D eigenvalue weighted by molar-refractivity contribution is 6.10. The molecule has 0 saturated heterocycles. The van der Waals surface area contributed by atoms with Crippen LogP contribution in [0.1, 0.15) is 54.0 Å². The van der Waals surface area contributed by atoms with Gasteiger partial charge in [-0.25, -0.2) is 0 Å². The minimum atomic E-state index is -0.179. The highest BCUT2D eigenvalue weighted by atomic mass is 16.2. The minimum absolute atomic E-state index is 0.146. The molecule has 0 aliphatic carbocycles. The first kappa shape index (κ1) is 18.0. The van der Waals surface area contributed by atoms with Crippen molar-refractivity contribution in [3.05, 3.63) is 28.8 Å². The van der Waals surface area contributed by atoms with Crippen LogP contribution >= 0.6 is 0 Å². The molecule has 1 aromatic carbocycles. The van der Waals surface area contributed by atoms with E-state index >= 15 is 0 Å². The number of hydrogen-bond acceptors (Lipinski definition) is 3. The Labute approximate surface area is 133 Å². The largest absolute Gasteiger partial charge is 0.398 e. The molecule has 1 aromatic rings. The third-order valence-corrected chi connectivity index (χ3v) is 4.01. The molecular weight excluding hydrogens is 278 g/mol. The Kier molecular flexibility index (Phi) is 6.40. The molecule has 22 heavy (non-hydrogen) atoms. The zero-order valence-electron chi connectivity index (χ0n) is 14.3. The quantitative estimate of drug-likeness (QED) is 0.821. The Hall–Kier alpha value is -2.04. The van der Waals surface area contributed by atoms with E-state index in [1.54, 1.807) is 21.9 Å². The van der Waals surface area contributed by atoms with Crippen LogP contribution in [0.25, 0.3) is 0 Å². The number of benzene rings is 1. The van der Waals surface area contributed by atoms with Crippen molar-refractivity contribution in [2.24, 2.45) is 0 Å². The van der Waals surface area contributed by atoms with E-state index in [2.05, 4.69) is 0 Å². The Balaban J connectivity index is 3.44. The van der Waals surface area contributed by atoms with Crippen molar-refractivity contribution in [2.45, 2.75) is 34.6 Å². The lowest BCUT2D eigenvalue weighted by Crippen LogP contribution is -2.36. The third-order valence-electron chi connectivity index (χ3n) is 4.01. The molecule has 0 fully saturated rings. The summed E-state index contributed by atoms with van der Waals surface area (Å²) >= 11 is 0. The molecule has 0 atom stereocenters. The minimum Gasteiger partial charge on any atom is -0.398 e. The summed E-state index contributed by atoms with van der Waals surface area (Å²) in [6.07, 6.45) is 0. The van der Waals surface area contributed by atoms with Crippen molar-refractivity contribution in [1.29, 1.82) is 0 Å². The van der Waals surface area contributed by atoms with Crippen LogP contribution in [0.3, 0.4) is 0 Å². The van der Waals surface area contributed by atoms with E-state index < -0.39 is 0 Å². The van der Waals surface area contributed by atoms with Gasteiger partial charge in [-0.3, -0.25) is 9.59 Å². The number of anilines is 1. The molecule has 0 aliphatic heterocycles. The second-order valence-electron chi connectivity index (χ2n) is 5.17. The molecule has 5 heteroatoms. The van der Waals surface area contributed by atoms with E-state index in [-0.39, 0.29) is 11.8 Å². The van der Waals surface area contributed by atoms with Crippen molar-refractivity contribution in [1.82, 2.24) is 9.80 Å².